The first-order valence-corrected chi connectivity index (χ1v) is 8.03. The summed E-state index contributed by atoms with van der Waals surface area (Å²) in [5.74, 6) is -0.954. The molecule has 1 aromatic carbocycles. The molecule has 0 aliphatic carbocycles. The zero-order valence-electron chi connectivity index (χ0n) is 14.2. The lowest BCUT2D eigenvalue weighted by molar-refractivity contribution is -0.616. The summed E-state index contributed by atoms with van der Waals surface area (Å²) in [6, 6.07) is 12.1. The van der Waals surface area contributed by atoms with Gasteiger partial charge in [-0.2, -0.15) is 4.73 Å². The van der Waals surface area contributed by atoms with Gasteiger partial charge in [0.2, 0.25) is 5.69 Å². The molecule has 0 spiro atoms. The van der Waals surface area contributed by atoms with E-state index in [0.717, 1.165) is 5.56 Å². The Morgan fingerprint density at radius 3 is 2.50 bits per heavy atom. The molecule has 2 rings (SSSR count). The second kappa shape index (κ2) is 9.38. The zero-order valence-corrected chi connectivity index (χ0v) is 14.2. The molecule has 0 radical (unpaired) electrons. The first kappa shape index (κ1) is 19.2. The monoisotopic (exact) mass is 360 g/mol. The van der Waals surface area contributed by atoms with Crippen LogP contribution in [0.5, 0.6) is 0 Å². The molecule has 2 atom stereocenters. The third kappa shape index (κ3) is 5.18. The summed E-state index contributed by atoms with van der Waals surface area (Å²) in [5, 5.41) is 24.5. The second-order valence-corrected chi connectivity index (χ2v) is 5.33. The van der Waals surface area contributed by atoms with Gasteiger partial charge in [-0.05, 0) is 18.6 Å². The Bertz CT molecular complexity index is 737. The lowest BCUT2D eigenvalue weighted by atomic mass is 10.1. The van der Waals surface area contributed by atoms with Crippen molar-refractivity contribution in [2.75, 3.05) is 6.61 Å². The first-order chi connectivity index (χ1) is 12.5. The van der Waals surface area contributed by atoms with Crippen LogP contribution in [0, 0.1) is 5.21 Å². The minimum atomic E-state index is -1.76. The molecule has 0 saturated heterocycles. The number of amides is 1. The molecular formula is C18H20N2O6. The van der Waals surface area contributed by atoms with Gasteiger partial charge < -0.3 is 25.1 Å². The topological polar surface area (TPSA) is 112 Å². The maximum atomic E-state index is 12.1. The molecule has 0 saturated carbocycles. The number of pyridine rings is 1. The van der Waals surface area contributed by atoms with Crippen LogP contribution < -0.4 is 10.0 Å². The fourth-order valence-corrected chi connectivity index (χ4v) is 2.25. The average molecular weight is 360 g/mol. The molecule has 8 nitrogen and oxygen atoms in total. The summed E-state index contributed by atoms with van der Waals surface area (Å²) in [5.41, 5.74) is 0.744. The molecule has 1 amide bonds. The van der Waals surface area contributed by atoms with E-state index in [1.807, 2.05) is 6.07 Å². The number of ether oxygens (including phenoxy) is 2. The maximum absolute atomic E-state index is 12.1. The summed E-state index contributed by atoms with van der Waals surface area (Å²) in [4.78, 5) is 23.9. The summed E-state index contributed by atoms with van der Waals surface area (Å²) in [6.45, 7) is 1.63. The molecular weight excluding hydrogens is 340 g/mol. The largest absolute Gasteiger partial charge is 0.618 e. The number of aliphatic hydroxyl groups is 1. The predicted molar refractivity (Wildman–Crippen MR) is 90.5 cm³/mol. The van der Waals surface area contributed by atoms with Crippen molar-refractivity contribution in [3.8, 4) is 0 Å². The Kier molecular flexibility index (Phi) is 6.92. The Balaban J connectivity index is 2.11. The van der Waals surface area contributed by atoms with Gasteiger partial charge in [-0.25, -0.2) is 9.59 Å². The Hall–Kier alpha value is -3.13. The van der Waals surface area contributed by atoms with Crippen LogP contribution in [0.4, 0.5) is 4.79 Å². The van der Waals surface area contributed by atoms with Crippen molar-refractivity contribution in [1.82, 2.24) is 5.32 Å². The van der Waals surface area contributed by atoms with Crippen molar-refractivity contribution < 1.29 is 28.9 Å². The third-order valence-corrected chi connectivity index (χ3v) is 3.50. The number of esters is 1. The summed E-state index contributed by atoms with van der Waals surface area (Å²) in [7, 11) is 0. The van der Waals surface area contributed by atoms with Crippen LogP contribution in [-0.2, 0) is 20.9 Å². The standard InChI is InChI=1S/C18H20N2O6/c1-2-25-17(22)16(21)15(14-10-6-7-11-20(14)24)19-18(23)26-12-13-8-4-3-5-9-13/h3-11,15-16,21H,2,12H2,1H3,(H,19,23)/t15-,16+/m0/s1. The first-order valence-electron chi connectivity index (χ1n) is 8.03. The molecule has 0 aliphatic rings. The molecule has 26 heavy (non-hydrogen) atoms. The van der Waals surface area contributed by atoms with Crippen LogP contribution in [0.2, 0.25) is 0 Å². The van der Waals surface area contributed by atoms with Gasteiger partial charge in [-0.15, -0.1) is 0 Å². The van der Waals surface area contributed by atoms with Gasteiger partial charge in [-0.3, -0.25) is 0 Å². The summed E-state index contributed by atoms with van der Waals surface area (Å²) in [6.07, 6.45) is -1.45. The van der Waals surface area contributed by atoms with E-state index < -0.39 is 24.2 Å². The van der Waals surface area contributed by atoms with Crippen LogP contribution in [0.25, 0.3) is 0 Å². The van der Waals surface area contributed by atoms with Crippen molar-refractivity contribution in [3.63, 3.8) is 0 Å². The quantitative estimate of drug-likeness (QED) is 0.436. The van der Waals surface area contributed by atoms with E-state index in [9.17, 15) is 19.9 Å². The minimum absolute atomic E-state index is 0.00105. The maximum Gasteiger partial charge on any atom is 0.408 e. The van der Waals surface area contributed by atoms with Crippen LogP contribution in [0.1, 0.15) is 24.2 Å². The Labute approximate surface area is 150 Å². The molecule has 8 heteroatoms. The van der Waals surface area contributed by atoms with Gasteiger partial charge in [0.25, 0.3) is 0 Å². The smallest absolute Gasteiger partial charge is 0.408 e. The van der Waals surface area contributed by atoms with Gasteiger partial charge in [0.1, 0.15) is 6.61 Å². The van der Waals surface area contributed by atoms with Crippen molar-refractivity contribution in [2.45, 2.75) is 25.7 Å². The fraction of sp³-hybridized carbons (Fsp3) is 0.278. The number of aliphatic hydroxyl groups excluding tert-OH is 1. The average Bonchev–Trinajstić information content (AvgIpc) is 2.65. The Morgan fingerprint density at radius 1 is 1.15 bits per heavy atom. The number of aromatic nitrogens is 1. The van der Waals surface area contributed by atoms with Crippen LogP contribution in [0.15, 0.2) is 54.7 Å². The van der Waals surface area contributed by atoms with Crippen LogP contribution in [-0.4, -0.2) is 29.9 Å². The normalized spacial score (nSPS) is 12.7. The minimum Gasteiger partial charge on any atom is -0.618 e. The summed E-state index contributed by atoms with van der Waals surface area (Å²) >= 11 is 0. The van der Waals surface area contributed by atoms with Crippen molar-refractivity contribution in [2.24, 2.45) is 0 Å². The highest BCUT2D eigenvalue weighted by atomic mass is 16.6. The van der Waals surface area contributed by atoms with E-state index in [4.69, 9.17) is 9.47 Å². The number of rotatable bonds is 7. The van der Waals surface area contributed by atoms with E-state index >= 15 is 0 Å². The van der Waals surface area contributed by atoms with E-state index in [2.05, 4.69) is 5.32 Å². The van der Waals surface area contributed by atoms with Gasteiger partial charge >= 0.3 is 12.1 Å². The SMILES string of the molecule is CCOC(=O)[C@H](O)[C@@H](NC(=O)OCc1ccccc1)c1cccc[n+]1[O-]. The number of carbonyl (C=O) groups is 2. The second-order valence-electron chi connectivity index (χ2n) is 5.33. The fourth-order valence-electron chi connectivity index (χ4n) is 2.25. The lowest BCUT2D eigenvalue weighted by Crippen LogP contribution is -2.47. The van der Waals surface area contributed by atoms with E-state index in [-0.39, 0.29) is 18.9 Å². The molecule has 1 aromatic heterocycles. The highest BCUT2D eigenvalue weighted by molar-refractivity contribution is 5.77. The number of nitrogens with one attached hydrogen (secondary N) is 1. The summed E-state index contributed by atoms with van der Waals surface area (Å²) < 4.78 is 10.3. The van der Waals surface area contributed by atoms with Crippen molar-refractivity contribution in [3.05, 3.63) is 71.2 Å². The number of hydrogen-bond acceptors (Lipinski definition) is 6. The van der Waals surface area contributed by atoms with E-state index in [0.29, 0.717) is 4.73 Å². The molecule has 0 aliphatic heterocycles. The van der Waals surface area contributed by atoms with Crippen LogP contribution in [0.3, 0.4) is 0 Å². The molecule has 2 aromatic rings. The van der Waals surface area contributed by atoms with Gasteiger partial charge in [-0.1, -0.05) is 30.3 Å². The van der Waals surface area contributed by atoms with Gasteiger partial charge in [0.15, 0.2) is 18.3 Å². The number of benzene rings is 1. The molecule has 1 heterocycles. The Morgan fingerprint density at radius 2 is 1.85 bits per heavy atom. The molecule has 0 unspecified atom stereocenters. The number of nitrogens with zero attached hydrogens (tertiary/aromatic N) is 1. The predicted octanol–water partition coefficient (Wildman–Crippen LogP) is 1.21. The highest BCUT2D eigenvalue weighted by Crippen LogP contribution is 2.15. The molecule has 0 bridgehead atoms. The number of carbonyl (C=O) groups excluding carboxylic acids is 2. The number of alkyl carbamates (subject to hydrolysis) is 1. The van der Waals surface area contributed by atoms with Gasteiger partial charge in [0, 0.05) is 12.1 Å². The van der Waals surface area contributed by atoms with E-state index in [1.165, 1.54) is 18.3 Å². The number of hydrogen-bond donors (Lipinski definition) is 2. The van der Waals surface area contributed by atoms with Gasteiger partial charge in [0.05, 0.1) is 6.61 Å². The third-order valence-electron chi connectivity index (χ3n) is 3.50. The molecule has 2 N–H and O–H groups in total. The van der Waals surface area contributed by atoms with E-state index in [1.54, 1.807) is 37.3 Å². The molecule has 0 fully saturated rings. The highest BCUT2D eigenvalue weighted by Gasteiger charge is 2.35. The molecule has 138 valence electrons. The van der Waals surface area contributed by atoms with Crippen LogP contribution >= 0.6 is 0 Å². The van der Waals surface area contributed by atoms with Crippen molar-refractivity contribution in [1.29, 1.82) is 0 Å². The lowest BCUT2D eigenvalue weighted by Gasteiger charge is -2.21. The van der Waals surface area contributed by atoms with Crippen molar-refractivity contribution >= 4 is 12.1 Å². The zero-order chi connectivity index (χ0) is 18.9.